The van der Waals surface area contributed by atoms with Crippen molar-refractivity contribution in [1.29, 1.82) is 0 Å². The van der Waals surface area contributed by atoms with Crippen LogP contribution < -0.4 is 5.32 Å². The van der Waals surface area contributed by atoms with Crippen LogP contribution in [0.15, 0.2) is 23.8 Å². The lowest BCUT2D eigenvalue weighted by Crippen LogP contribution is -2.49. The number of nitrogens with one attached hydrogen (secondary N) is 1. The second kappa shape index (κ2) is 4.07. The molecule has 1 atom stereocenters. The van der Waals surface area contributed by atoms with Crippen molar-refractivity contribution < 1.29 is 0 Å². The molecule has 0 aromatic rings. The third-order valence-corrected chi connectivity index (χ3v) is 2.92. The summed E-state index contributed by atoms with van der Waals surface area (Å²) in [4.78, 5) is 2.44. The lowest BCUT2D eigenvalue weighted by Gasteiger charge is -2.34. The molecule has 0 spiro atoms. The first-order valence-electron chi connectivity index (χ1n) is 5.15. The fraction of sp³-hybridized carbons (Fsp3) is 0.636. The van der Waals surface area contributed by atoms with Gasteiger partial charge >= 0.3 is 0 Å². The van der Waals surface area contributed by atoms with Gasteiger partial charge in [-0.1, -0.05) is 18.2 Å². The first-order chi connectivity index (χ1) is 6.38. The predicted molar refractivity (Wildman–Crippen MR) is 55.7 cm³/mol. The van der Waals surface area contributed by atoms with E-state index in [4.69, 9.17) is 0 Å². The molecule has 2 nitrogen and oxygen atoms in total. The molecule has 0 radical (unpaired) electrons. The van der Waals surface area contributed by atoms with Crippen LogP contribution in [0.4, 0.5) is 0 Å². The molecule has 0 aromatic carbocycles. The summed E-state index contributed by atoms with van der Waals surface area (Å²) in [5.41, 5.74) is 1.50. The van der Waals surface area contributed by atoms with Gasteiger partial charge in [-0.25, -0.2) is 0 Å². The summed E-state index contributed by atoms with van der Waals surface area (Å²) in [6.45, 7) is 3.40. The Bertz CT molecular complexity index is 230. The maximum atomic E-state index is 3.45. The SMILES string of the molecule is CN1CCNCC1C1=CCCC=C1. The molecule has 0 bridgehead atoms. The van der Waals surface area contributed by atoms with Gasteiger partial charge in [0.2, 0.25) is 0 Å². The van der Waals surface area contributed by atoms with E-state index in [2.05, 4.69) is 35.5 Å². The molecule has 0 aromatic heterocycles. The summed E-state index contributed by atoms with van der Waals surface area (Å²) in [7, 11) is 2.22. The van der Waals surface area contributed by atoms with Gasteiger partial charge in [-0.15, -0.1) is 0 Å². The van der Waals surface area contributed by atoms with E-state index in [0.29, 0.717) is 6.04 Å². The molecule has 72 valence electrons. The van der Waals surface area contributed by atoms with E-state index in [0.717, 1.165) is 19.6 Å². The highest BCUT2D eigenvalue weighted by Gasteiger charge is 2.21. The van der Waals surface area contributed by atoms with Crippen molar-refractivity contribution >= 4 is 0 Å². The minimum Gasteiger partial charge on any atom is -0.314 e. The van der Waals surface area contributed by atoms with Gasteiger partial charge in [0.05, 0.1) is 0 Å². The number of allylic oxidation sites excluding steroid dienone is 2. The van der Waals surface area contributed by atoms with E-state index in [9.17, 15) is 0 Å². The third-order valence-electron chi connectivity index (χ3n) is 2.92. The molecular weight excluding hydrogens is 160 g/mol. The molecule has 2 heteroatoms. The van der Waals surface area contributed by atoms with Gasteiger partial charge in [0, 0.05) is 25.7 Å². The smallest absolute Gasteiger partial charge is 0.0466 e. The van der Waals surface area contributed by atoms with Crippen LogP contribution in [0.2, 0.25) is 0 Å². The van der Waals surface area contributed by atoms with Gasteiger partial charge in [-0.3, -0.25) is 4.90 Å². The Kier molecular flexibility index (Phi) is 2.81. The highest BCUT2D eigenvalue weighted by atomic mass is 15.2. The van der Waals surface area contributed by atoms with Crippen molar-refractivity contribution in [1.82, 2.24) is 10.2 Å². The number of nitrogens with zero attached hydrogens (tertiary/aromatic N) is 1. The quantitative estimate of drug-likeness (QED) is 0.648. The van der Waals surface area contributed by atoms with Gasteiger partial charge in [0.15, 0.2) is 0 Å². The van der Waals surface area contributed by atoms with Gasteiger partial charge in [-0.2, -0.15) is 0 Å². The van der Waals surface area contributed by atoms with Crippen LogP contribution in [-0.4, -0.2) is 37.6 Å². The number of hydrogen-bond acceptors (Lipinski definition) is 2. The number of hydrogen-bond donors (Lipinski definition) is 1. The fourth-order valence-corrected chi connectivity index (χ4v) is 2.06. The van der Waals surface area contributed by atoms with E-state index < -0.39 is 0 Å². The summed E-state index contributed by atoms with van der Waals surface area (Å²) in [6.07, 6.45) is 9.40. The largest absolute Gasteiger partial charge is 0.314 e. The number of piperazine rings is 1. The molecule has 2 aliphatic rings. The van der Waals surface area contributed by atoms with Crippen molar-refractivity contribution in [2.45, 2.75) is 18.9 Å². The van der Waals surface area contributed by atoms with Gasteiger partial charge < -0.3 is 5.32 Å². The normalized spacial score (nSPS) is 30.2. The monoisotopic (exact) mass is 178 g/mol. The average Bonchev–Trinajstić information content (AvgIpc) is 2.20. The first-order valence-corrected chi connectivity index (χ1v) is 5.15. The van der Waals surface area contributed by atoms with Crippen molar-refractivity contribution in [2.75, 3.05) is 26.7 Å². The van der Waals surface area contributed by atoms with Crippen LogP contribution >= 0.6 is 0 Å². The van der Waals surface area contributed by atoms with Crippen molar-refractivity contribution in [3.05, 3.63) is 23.8 Å². The van der Waals surface area contributed by atoms with Crippen LogP contribution in [0.25, 0.3) is 0 Å². The van der Waals surface area contributed by atoms with E-state index in [1.165, 1.54) is 18.4 Å². The van der Waals surface area contributed by atoms with Crippen LogP contribution in [0.1, 0.15) is 12.8 Å². The van der Waals surface area contributed by atoms with Crippen LogP contribution in [0, 0.1) is 0 Å². The topological polar surface area (TPSA) is 15.3 Å². The Morgan fingerprint density at radius 3 is 3.08 bits per heavy atom. The number of rotatable bonds is 1. The summed E-state index contributed by atoms with van der Waals surface area (Å²) >= 11 is 0. The van der Waals surface area contributed by atoms with Crippen molar-refractivity contribution in [3.8, 4) is 0 Å². The van der Waals surface area contributed by atoms with Gasteiger partial charge in [0.1, 0.15) is 0 Å². The molecule has 1 aliphatic heterocycles. The molecule has 1 N–H and O–H groups in total. The molecule has 1 saturated heterocycles. The summed E-state index contributed by atoms with van der Waals surface area (Å²) in [5, 5.41) is 3.45. The summed E-state index contributed by atoms with van der Waals surface area (Å²) in [5.74, 6) is 0. The predicted octanol–water partition coefficient (Wildman–Crippen LogP) is 1.17. The minimum absolute atomic E-state index is 0.602. The van der Waals surface area contributed by atoms with E-state index >= 15 is 0 Å². The Morgan fingerprint density at radius 1 is 1.46 bits per heavy atom. The van der Waals surface area contributed by atoms with Crippen LogP contribution in [0.3, 0.4) is 0 Å². The van der Waals surface area contributed by atoms with Crippen molar-refractivity contribution in [2.24, 2.45) is 0 Å². The average molecular weight is 178 g/mol. The highest BCUT2D eigenvalue weighted by Crippen LogP contribution is 2.17. The molecular formula is C11H18N2. The van der Waals surface area contributed by atoms with Crippen LogP contribution in [0.5, 0.6) is 0 Å². The molecule has 1 fully saturated rings. The zero-order valence-corrected chi connectivity index (χ0v) is 8.29. The summed E-state index contributed by atoms with van der Waals surface area (Å²) in [6, 6.07) is 0.602. The van der Waals surface area contributed by atoms with Crippen molar-refractivity contribution in [3.63, 3.8) is 0 Å². The zero-order valence-electron chi connectivity index (χ0n) is 8.29. The first kappa shape index (κ1) is 8.97. The van der Waals surface area contributed by atoms with Crippen LogP contribution in [-0.2, 0) is 0 Å². The molecule has 1 aliphatic carbocycles. The Labute approximate surface area is 80.3 Å². The zero-order chi connectivity index (χ0) is 9.10. The molecule has 0 saturated carbocycles. The lowest BCUT2D eigenvalue weighted by atomic mass is 9.98. The third kappa shape index (κ3) is 2.01. The van der Waals surface area contributed by atoms with E-state index in [1.54, 1.807) is 0 Å². The summed E-state index contributed by atoms with van der Waals surface area (Å²) < 4.78 is 0. The second-order valence-corrected chi connectivity index (χ2v) is 3.88. The maximum absolute atomic E-state index is 3.45. The maximum Gasteiger partial charge on any atom is 0.0466 e. The molecule has 1 unspecified atom stereocenters. The van der Waals surface area contributed by atoms with Gasteiger partial charge in [0.25, 0.3) is 0 Å². The molecule has 2 rings (SSSR count). The second-order valence-electron chi connectivity index (χ2n) is 3.88. The standard InChI is InChI=1S/C11H18N2/c1-13-8-7-12-9-11(13)10-5-3-2-4-6-10/h3,5-6,11-12H,2,4,7-9H2,1H3. The van der Waals surface area contributed by atoms with Gasteiger partial charge in [-0.05, 0) is 25.5 Å². The lowest BCUT2D eigenvalue weighted by molar-refractivity contribution is 0.229. The highest BCUT2D eigenvalue weighted by molar-refractivity contribution is 5.28. The molecule has 1 heterocycles. The molecule has 0 amide bonds. The van der Waals surface area contributed by atoms with E-state index in [1.807, 2.05) is 0 Å². The minimum atomic E-state index is 0.602. The molecule has 13 heavy (non-hydrogen) atoms. The fourth-order valence-electron chi connectivity index (χ4n) is 2.06. The number of likely N-dealkylation sites (N-methyl/N-ethyl adjacent to an activating group) is 1. The Morgan fingerprint density at radius 2 is 2.38 bits per heavy atom. The Hall–Kier alpha value is -0.600. The Balaban J connectivity index is 2.05. The van der Waals surface area contributed by atoms with E-state index in [-0.39, 0.29) is 0 Å².